The molecule has 2 nitrogen and oxygen atoms in total. The van der Waals surface area contributed by atoms with Crippen LogP contribution < -0.4 is 5.32 Å². The minimum atomic E-state index is 0.681. The Bertz CT molecular complexity index is 222. The second kappa shape index (κ2) is 3.41. The maximum Gasteiger partial charge on any atom is 0.0432 e. The van der Waals surface area contributed by atoms with Crippen molar-refractivity contribution in [3.63, 3.8) is 0 Å². The smallest absolute Gasteiger partial charge is 0.0432 e. The molecule has 4 unspecified atom stereocenters. The van der Waals surface area contributed by atoms with Crippen LogP contribution >= 0.6 is 0 Å². The van der Waals surface area contributed by atoms with Gasteiger partial charge in [-0.2, -0.15) is 0 Å². The van der Waals surface area contributed by atoms with E-state index in [4.69, 9.17) is 0 Å². The quantitative estimate of drug-likeness (QED) is 0.614. The third-order valence-electron chi connectivity index (χ3n) is 3.66. The number of hydrogen-bond donors (Lipinski definition) is 1. The summed E-state index contributed by atoms with van der Waals surface area (Å²) in [5, 5.41) is 3.59. The lowest BCUT2D eigenvalue weighted by molar-refractivity contribution is 0.480. The van der Waals surface area contributed by atoms with Crippen LogP contribution in [0.5, 0.6) is 0 Å². The van der Waals surface area contributed by atoms with Gasteiger partial charge < -0.3 is 5.32 Å². The number of aliphatic imine (C=N–C) groups is 1. The van der Waals surface area contributed by atoms with E-state index in [0.29, 0.717) is 5.92 Å². The Labute approximate surface area is 80.8 Å². The van der Waals surface area contributed by atoms with Gasteiger partial charge in [0.2, 0.25) is 0 Å². The molecular weight excluding hydrogens is 160 g/mol. The summed E-state index contributed by atoms with van der Waals surface area (Å²) in [6, 6.07) is 1.58. The van der Waals surface area contributed by atoms with Crippen molar-refractivity contribution in [2.24, 2.45) is 16.8 Å². The highest BCUT2D eigenvalue weighted by molar-refractivity contribution is 5.84. The number of nitrogens with one attached hydrogen (secondary N) is 1. The second-order valence-electron chi connectivity index (χ2n) is 4.59. The Morgan fingerprint density at radius 2 is 2.31 bits per heavy atom. The first-order valence-corrected chi connectivity index (χ1v) is 5.49. The lowest BCUT2D eigenvalue weighted by atomic mass is 9.92. The molecule has 0 amide bonds. The normalized spacial score (nSPS) is 48.4. The van der Waals surface area contributed by atoms with Gasteiger partial charge in [0, 0.05) is 24.3 Å². The van der Waals surface area contributed by atoms with Gasteiger partial charge in [0.25, 0.3) is 0 Å². The highest BCUT2D eigenvalue weighted by atomic mass is 15.2. The topological polar surface area (TPSA) is 34.3 Å². The number of hydrogen-bond acceptors (Lipinski definition) is 2. The van der Waals surface area contributed by atoms with Gasteiger partial charge in [-0.25, -0.2) is 0 Å². The lowest BCUT2D eigenvalue weighted by Gasteiger charge is -2.17. The van der Waals surface area contributed by atoms with Crippen molar-refractivity contribution in [3.05, 3.63) is 0 Å². The Kier molecular flexibility index (Phi) is 2.41. The standard InChI is InChI=1S/C11H20N2/c1-4-9-6-12-8(3)7(2)5-10-11(9)13-10/h7,9-11,13H,4-6H2,1-3H3/b12-8-. The van der Waals surface area contributed by atoms with Crippen molar-refractivity contribution in [1.82, 2.24) is 5.32 Å². The average molecular weight is 180 g/mol. The highest BCUT2D eigenvalue weighted by Gasteiger charge is 2.42. The Balaban J connectivity index is 2.07. The second-order valence-corrected chi connectivity index (χ2v) is 4.59. The van der Waals surface area contributed by atoms with E-state index in [9.17, 15) is 0 Å². The summed E-state index contributed by atoms with van der Waals surface area (Å²) in [7, 11) is 0. The highest BCUT2D eigenvalue weighted by Crippen LogP contribution is 2.30. The van der Waals surface area contributed by atoms with Crippen LogP contribution in [0.15, 0.2) is 4.99 Å². The van der Waals surface area contributed by atoms with E-state index in [1.54, 1.807) is 0 Å². The fraction of sp³-hybridized carbons (Fsp3) is 0.909. The van der Waals surface area contributed by atoms with E-state index >= 15 is 0 Å². The molecule has 1 saturated heterocycles. The Morgan fingerprint density at radius 1 is 1.54 bits per heavy atom. The molecule has 0 aromatic heterocycles. The minimum Gasteiger partial charge on any atom is -0.308 e. The van der Waals surface area contributed by atoms with Crippen LogP contribution in [0.25, 0.3) is 0 Å². The van der Waals surface area contributed by atoms with E-state index in [-0.39, 0.29) is 0 Å². The third-order valence-corrected chi connectivity index (χ3v) is 3.66. The third kappa shape index (κ3) is 1.78. The fourth-order valence-corrected chi connectivity index (χ4v) is 2.34. The largest absolute Gasteiger partial charge is 0.308 e. The summed E-state index contributed by atoms with van der Waals surface area (Å²) in [5.74, 6) is 1.47. The van der Waals surface area contributed by atoms with Crippen LogP contribution in [0, 0.1) is 11.8 Å². The SMILES string of the molecule is CCC1C/N=C(/C)C(C)CC2NC12. The van der Waals surface area contributed by atoms with Gasteiger partial charge >= 0.3 is 0 Å². The van der Waals surface area contributed by atoms with E-state index in [1.165, 1.54) is 18.6 Å². The zero-order chi connectivity index (χ0) is 9.42. The molecule has 0 spiro atoms. The number of rotatable bonds is 1. The number of nitrogens with zero attached hydrogens (tertiary/aromatic N) is 1. The Morgan fingerprint density at radius 3 is 3.00 bits per heavy atom. The number of fused-ring (bicyclic) bond motifs is 1. The molecule has 2 aliphatic heterocycles. The molecule has 0 aromatic rings. The minimum absolute atomic E-state index is 0.681. The maximum absolute atomic E-state index is 4.67. The van der Waals surface area contributed by atoms with Crippen molar-refractivity contribution in [2.75, 3.05) is 6.54 Å². The van der Waals surface area contributed by atoms with Crippen molar-refractivity contribution in [2.45, 2.75) is 45.7 Å². The van der Waals surface area contributed by atoms with Gasteiger partial charge in [0.05, 0.1) is 0 Å². The molecule has 74 valence electrons. The van der Waals surface area contributed by atoms with Crippen molar-refractivity contribution in [3.8, 4) is 0 Å². The summed E-state index contributed by atoms with van der Waals surface area (Å²) in [4.78, 5) is 4.67. The summed E-state index contributed by atoms with van der Waals surface area (Å²) < 4.78 is 0. The van der Waals surface area contributed by atoms with Gasteiger partial charge in [0.15, 0.2) is 0 Å². The van der Waals surface area contributed by atoms with Gasteiger partial charge in [-0.15, -0.1) is 0 Å². The summed E-state index contributed by atoms with van der Waals surface area (Å²) in [6.07, 6.45) is 2.55. The van der Waals surface area contributed by atoms with Crippen LogP contribution in [-0.2, 0) is 0 Å². The van der Waals surface area contributed by atoms with Crippen LogP contribution in [-0.4, -0.2) is 24.3 Å². The molecule has 2 aliphatic rings. The predicted octanol–water partition coefficient (Wildman–Crippen LogP) is 1.85. The van der Waals surface area contributed by atoms with Crippen LogP contribution in [0.3, 0.4) is 0 Å². The maximum atomic E-state index is 4.67. The van der Waals surface area contributed by atoms with Gasteiger partial charge in [-0.3, -0.25) is 4.99 Å². The molecule has 1 N–H and O–H groups in total. The van der Waals surface area contributed by atoms with Crippen molar-refractivity contribution in [1.29, 1.82) is 0 Å². The van der Waals surface area contributed by atoms with E-state index < -0.39 is 0 Å². The van der Waals surface area contributed by atoms with Gasteiger partial charge in [0.1, 0.15) is 0 Å². The molecule has 4 atom stereocenters. The molecule has 0 saturated carbocycles. The lowest BCUT2D eigenvalue weighted by Crippen LogP contribution is -2.21. The summed E-state index contributed by atoms with van der Waals surface area (Å²) in [5.41, 5.74) is 1.35. The molecule has 1 fully saturated rings. The Hall–Kier alpha value is -0.370. The average Bonchev–Trinajstić information content (AvgIpc) is 2.83. The van der Waals surface area contributed by atoms with Crippen LogP contribution in [0.4, 0.5) is 0 Å². The van der Waals surface area contributed by atoms with E-state index in [1.807, 2.05) is 0 Å². The van der Waals surface area contributed by atoms with Crippen LogP contribution in [0.1, 0.15) is 33.6 Å². The first kappa shape index (κ1) is 9.20. The van der Waals surface area contributed by atoms with Crippen LogP contribution in [0.2, 0.25) is 0 Å². The molecule has 2 rings (SSSR count). The first-order chi connectivity index (χ1) is 6.22. The van der Waals surface area contributed by atoms with Gasteiger partial charge in [-0.1, -0.05) is 13.8 Å². The summed E-state index contributed by atoms with van der Waals surface area (Å²) in [6.45, 7) is 7.79. The monoisotopic (exact) mass is 180 g/mol. The molecule has 0 aromatic carbocycles. The summed E-state index contributed by atoms with van der Waals surface area (Å²) >= 11 is 0. The van der Waals surface area contributed by atoms with Gasteiger partial charge in [-0.05, 0) is 31.6 Å². The van der Waals surface area contributed by atoms with Crippen molar-refractivity contribution < 1.29 is 0 Å². The molecule has 13 heavy (non-hydrogen) atoms. The molecule has 0 radical (unpaired) electrons. The first-order valence-electron chi connectivity index (χ1n) is 5.49. The van der Waals surface area contributed by atoms with E-state index in [2.05, 4.69) is 31.1 Å². The molecule has 0 aliphatic carbocycles. The molecule has 0 bridgehead atoms. The zero-order valence-electron chi connectivity index (χ0n) is 8.88. The molecule has 2 heterocycles. The molecule has 2 heteroatoms. The van der Waals surface area contributed by atoms with E-state index in [0.717, 1.165) is 24.5 Å². The predicted molar refractivity (Wildman–Crippen MR) is 56.2 cm³/mol. The zero-order valence-corrected chi connectivity index (χ0v) is 8.88. The van der Waals surface area contributed by atoms with Crippen molar-refractivity contribution >= 4 is 5.71 Å². The fourth-order valence-electron chi connectivity index (χ4n) is 2.34. The molecular formula is C11H20N2.